The predicted molar refractivity (Wildman–Crippen MR) is 140 cm³/mol. The molecule has 0 saturated carbocycles. The van der Waals surface area contributed by atoms with Gasteiger partial charge in [-0.3, -0.25) is 10.1 Å². The molecule has 0 fully saturated rings. The Morgan fingerprint density at radius 2 is 1.67 bits per heavy atom. The summed E-state index contributed by atoms with van der Waals surface area (Å²) in [6.45, 7) is 0.181. The number of benzene rings is 3. The summed E-state index contributed by atoms with van der Waals surface area (Å²) in [6.07, 6.45) is 2.95. The summed E-state index contributed by atoms with van der Waals surface area (Å²) in [5.74, 6) is 0.561. The monoisotopic (exact) mass is 628 g/mol. The van der Waals surface area contributed by atoms with Gasteiger partial charge in [-0.25, -0.2) is 4.90 Å². The maximum Gasteiger partial charge on any atom is 0.304 e. The molecular formula is C25H19BrCl4N3O3. The van der Waals surface area contributed by atoms with Crippen molar-refractivity contribution in [2.24, 2.45) is 0 Å². The number of halogens is 5. The highest BCUT2D eigenvalue weighted by Gasteiger charge is 2.38. The normalized spacial score (nSPS) is 14.2. The molecule has 2 atom stereocenters. The lowest BCUT2D eigenvalue weighted by atomic mass is 10.1. The van der Waals surface area contributed by atoms with Crippen molar-refractivity contribution in [3.8, 4) is 0 Å². The fraction of sp³-hybridized carbons (Fsp3) is 0.160. The Hall–Kier alpha value is -2.13. The quantitative estimate of drug-likeness (QED) is 0.154. The van der Waals surface area contributed by atoms with Gasteiger partial charge < -0.3 is 21.7 Å². The van der Waals surface area contributed by atoms with Crippen molar-refractivity contribution in [3.63, 3.8) is 0 Å². The van der Waals surface area contributed by atoms with Gasteiger partial charge in [-0.2, -0.15) is 0 Å². The van der Waals surface area contributed by atoms with Crippen molar-refractivity contribution in [1.29, 1.82) is 0 Å². The number of alkyl halides is 1. The topological polar surface area (TPSA) is 69.7 Å². The van der Waals surface area contributed by atoms with Gasteiger partial charge in [0, 0.05) is 26.7 Å². The van der Waals surface area contributed by atoms with Crippen LogP contribution in [-0.4, -0.2) is 21.2 Å². The first-order valence-electron chi connectivity index (χ1n) is 10.5. The summed E-state index contributed by atoms with van der Waals surface area (Å²) in [7, 11) is 0. The van der Waals surface area contributed by atoms with Gasteiger partial charge in [-0.15, -0.1) is 0 Å². The first kappa shape index (κ1) is 28.4. The highest BCUT2D eigenvalue weighted by Crippen LogP contribution is 2.33. The fourth-order valence-corrected chi connectivity index (χ4v) is 4.65. The molecule has 4 rings (SSSR count). The molecule has 0 spiro atoms. The molecule has 0 aromatic heterocycles. The lowest BCUT2D eigenvalue weighted by Crippen LogP contribution is -3.00. The number of para-hydroxylation sites is 1. The van der Waals surface area contributed by atoms with Crippen LogP contribution in [-0.2, 0) is 17.8 Å². The minimum atomic E-state index is -0.720. The lowest BCUT2D eigenvalue weighted by Gasteiger charge is -2.26. The van der Waals surface area contributed by atoms with Gasteiger partial charge in [0.25, 0.3) is 5.69 Å². The first-order valence-corrected chi connectivity index (χ1v) is 12.1. The maximum atomic E-state index is 11.5. The summed E-state index contributed by atoms with van der Waals surface area (Å²) >= 11 is 25.4. The van der Waals surface area contributed by atoms with Crippen LogP contribution in [0.15, 0.2) is 79.1 Å². The Labute approximate surface area is 239 Å². The Morgan fingerprint density at radius 3 is 2.36 bits per heavy atom. The van der Waals surface area contributed by atoms with Crippen LogP contribution in [0.4, 0.5) is 5.69 Å². The minimum Gasteiger partial charge on any atom is -1.00 e. The Balaban J connectivity index is 0.00000361. The Kier molecular flexibility index (Phi) is 10.2. The van der Waals surface area contributed by atoms with Crippen molar-refractivity contribution in [2.75, 3.05) is 0 Å². The van der Waals surface area contributed by atoms with Crippen LogP contribution in [0.25, 0.3) is 0 Å². The second-order valence-electron chi connectivity index (χ2n) is 7.70. The molecule has 11 heteroatoms. The van der Waals surface area contributed by atoms with Crippen molar-refractivity contribution in [2.45, 2.75) is 24.6 Å². The molecular weight excluding hydrogens is 612 g/mol. The van der Waals surface area contributed by atoms with Crippen LogP contribution >= 0.6 is 46.4 Å². The lowest BCUT2D eigenvalue weighted by molar-refractivity contribution is -0.385. The summed E-state index contributed by atoms with van der Waals surface area (Å²) in [4.78, 5) is 17.2. The third kappa shape index (κ3) is 6.79. The zero-order chi connectivity index (χ0) is 24.9. The van der Waals surface area contributed by atoms with Gasteiger partial charge in [0.15, 0.2) is 6.20 Å². The molecule has 36 heavy (non-hydrogen) atoms. The Morgan fingerprint density at radius 1 is 0.972 bits per heavy atom. The molecule has 187 valence electrons. The predicted octanol–water partition coefficient (Wildman–Crippen LogP) is 4.15. The first-order chi connectivity index (χ1) is 16.8. The van der Waals surface area contributed by atoms with Gasteiger partial charge in [0.05, 0.1) is 18.0 Å². The summed E-state index contributed by atoms with van der Waals surface area (Å²) in [6, 6.07) is 18.9. The van der Waals surface area contributed by atoms with Crippen LogP contribution in [0.2, 0.25) is 15.1 Å². The third-order valence-corrected chi connectivity index (χ3v) is 6.71. The van der Waals surface area contributed by atoms with Gasteiger partial charge in [-0.1, -0.05) is 87.8 Å². The van der Waals surface area contributed by atoms with E-state index in [0.717, 1.165) is 11.1 Å². The highest BCUT2D eigenvalue weighted by atomic mass is 79.9. The number of hydrogen-bond acceptors (Lipinski definition) is 5. The average molecular weight is 631 g/mol. The van der Waals surface area contributed by atoms with Gasteiger partial charge in [-0.05, 0) is 35.4 Å². The molecule has 1 heterocycles. The van der Waals surface area contributed by atoms with Crippen LogP contribution < -0.4 is 22.0 Å². The molecule has 1 aliphatic heterocycles. The molecule has 3 aromatic carbocycles. The second kappa shape index (κ2) is 12.9. The Bertz CT molecular complexity index is 1290. The van der Waals surface area contributed by atoms with Gasteiger partial charge >= 0.3 is 5.84 Å². The molecule has 3 aromatic rings. The fourth-order valence-electron chi connectivity index (χ4n) is 3.67. The number of hydrogen-bond donors (Lipinski definition) is 0. The average Bonchev–Trinajstić information content (AvgIpc) is 3.29. The standard InChI is InChI=1S/C25H19Cl4N3O3.BrH/c26-19-8-5-16(6-9-19)24(35-15-18-7-10-20(27)14-21(18)28)25(29)31-12-11-30-23(31)13-17-3-1-2-4-22(17)32(33)34;/h1-12,14,24-25H,13,15H2;1H/q+1;/p-1. The zero-order valence-electron chi connectivity index (χ0n) is 18.5. The summed E-state index contributed by atoms with van der Waals surface area (Å²) in [5, 5.41) is 13.1. The number of rotatable bonds is 9. The van der Waals surface area contributed by atoms with Crippen molar-refractivity contribution < 1.29 is 26.6 Å². The number of ether oxygens (including phenoxy) is 1. The van der Waals surface area contributed by atoms with Crippen LogP contribution in [0, 0.1) is 10.1 Å². The molecule has 0 N–H and O–H groups in total. The number of nitro benzene ring substituents is 1. The number of amidine groups is 1. The molecule has 1 radical (unpaired) electrons. The van der Waals surface area contributed by atoms with E-state index in [1.807, 2.05) is 12.1 Å². The summed E-state index contributed by atoms with van der Waals surface area (Å²) in [5.41, 5.74) is 1.39. The molecule has 1 aliphatic rings. The molecule has 0 aliphatic carbocycles. The highest BCUT2D eigenvalue weighted by molar-refractivity contribution is 6.35. The van der Waals surface area contributed by atoms with Gasteiger partial charge in [0.1, 0.15) is 12.3 Å². The molecule has 6 nitrogen and oxygen atoms in total. The van der Waals surface area contributed by atoms with Crippen molar-refractivity contribution in [3.05, 3.63) is 121 Å². The molecule has 0 bridgehead atoms. The van der Waals surface area contributed by atoms with Crippen LogP contribution in [0.1, 0.15) is 22.8 Å². The van der Waals surface area contributed by atoms with E-state index in [9.17, 15) is 10.1 Å². The zero-order valence-corrected chi connectivity index (χ0v) is 23.1. The van der Waals surface area contributed by atoms with E-state index in [2.05, 4.69) is 4.99 Å². The van der Waals surface area contributed by atoms with E-state index in [-0.39, 0.29) is 35.7 Å². The third-order valence-electron chi connectivity index (χ3n) is 5.43. The van der Waals surface area contributed by atoms with Crippen LogP contribution in [0.5, 0.6) is 0 Å². The number of aliphatic imine (C=N–C) groups is 1. The smallest absolute Gasteiger partial charge is 0.304 e. The van der Waals surface area contributed by atoms with E-state index in [1.165, 1.54) is 6.07 Å². The second-order valence-corrected chi connectivity index (χ2v) is 9.43. The van der Waals surface area contributed by atoms with Crippen LogP contribution in [0.3, 0.4) is 0 Å². The number of nitro groups is 1. The minimum absolute atomic E-state index is 0. The molecule has 0 saturated heterocycles. The van der Waals surface area contributed by atoms with Gasteiger partial charge in [0.2, 0.25) is 5.50 Å². The van der Waals surface area contributed by atoms with Crippen molar-refractivity contribution >= 4 is 57.9 Å². The van der Waals surface area contributed by atoms with E-state index in [4.69, 9.17) is 51.1 Å². The van der Waals surface area contributed by atoms with E-state index in [0.29, 0.717) is 26.5 Å². The molecule has 2 unspecified atom stereocenters. The largest absolute Gasteiger partial charge is 1.00 e. The molecule has 0 amide bonds. The SMILES string of the molecule is O=[N+]([O-])c1ccccc1CC1=[N+]C=CN1C(Cl)C(OCc1ccc(Cl)cc1Cl)c1ccc(Cl)cc1.[Br-]. The number of nitrogens with zero attached hydrogens (tertiary/aromatic N) is 3. The van der Waals surface area contributed by atoms with Crippen molar-refractivity contribution in [1.82, 2.24) is 9.89 Å². The maximum absolute atomic E-state index is 11.5. The van der Waals surface area contributed by atoms with E-state index in [1.54, 1.807) is 65.8 Å². The summed E-state index contributed by atoms with van der Waals surface area (Å²) < 4.78 is 6.27. The van der Waals surface area contributed by atoms with E-state index >= 15 is 0 Å². The van der Waals surface area contributed by atoms with E-state index < -0.39 is 16.5 Å².